The Kier molecular flexibility index (Phi) is 23.4. The third-order valence-corrected chi connectivity index (χ3v) is 22.7. The summed E-state index contributed by atoms with van der Waals surface area (Å²) < 4.78 is 30.5. The van der Waals surface area contributed by atoms with Crippen molar-refractivity contribution in [2.75, 3.05) is 16.8 Å². The number of hydrazine groups is 2. The molecule has 1 saturated heterocycles. The molecule has 22 nitrogen and oxygen atoms in total. The second-order valence-corrected chi connectivity index (χ2v) is 30.3. The topological polar surface area (TPSA) is 258 Å². The number of hydrogen-bond donors (Lipinski definition) is 3. The van der Waals surface area contributed by atoms with Gasteiger partial charge in [-0.3, -0.25) is 24.1 Å². The molecule has 15 rings (SSSR count). The number of fused-ring (bicyclic) bond motifs is 2. The Morgan fingerprint density at radius 3 is 1.53 bits per heavy atom. The van der Waals surface area contributed by atoms with Gasteiger partial charge in [0, 0.05) is 42.0 Å². The van der Waals surface area contributed by atoms with Gasteiger partial charge in [-0.05, 0) is 87.7 Å². The lowest BCUT2D eigenvalue weighted by atomic mass is 9.77. The van der Waals surface area contributed by atoms with Gasteiger partial charge in [0.25, 0.3) is 17.4 Å². The van der Waals surface area contributed by atoms with Gasteiger partial charge in [-0.2, -0.15) is 5.01 Å². The van der Waals surface area contributed by atoms with E-state index < -0.39 is 88.4 Å². The minimum atomic E-state index is -2.40. The van der Waals surface area contributed by atoms with Gasteiger partial charge in [-0.15, -0.1) is 40.4 Å². The highest BCUT2D eigenvalue weighted by Gasteiger charge is 2.56. The number of carbonyl (C=O) groups excluding carboxylic acids is 7. The number of benzene rings is 10. The molecule has 4 aliphatic heterocycles. The van der Waals surface area contributed by atoms with E-state index in [1.165, 1.54) is 71.7 Å². The third kappa shape index (κ3) is 16.8. The zero-order valence-corrected chi connectivity index (χ0v) is 65.4. The number of β-lactam (4-membered cyclic amide) rings is 1. The van der Waals surface area contributed by atoms with Crippen molar-refractivity contribution in [1.29, 1.82) is 0 Å². The van der Waals surface area contributed by atoms with Crippen LogP contribution in [0.2, 0.25) is 0 Å². The summed E-state index contributed by atoms with van der Waals surface area (Å²) in [5.74, 6) is -4.89. The van der Waals surface area contributed by atoms with Crippen LogP contribution in [0.25, 0.3) is 0 Å². The quantitative estimate of drug-likeness (QED) is 0.00822. The second-order valence-electron chi connectivity index (χ2n) is 27.4. The predicted octanol–water partition coefficient (Wildman–Crippen LogP) is 16.2. The van der Waals surface area contributed by atoms with Gasteiger partial charge in [0.1, 0.15) is 28.3 Å². The van der Waals surface area contributed by atoms with E-state index >= 15 is 19.2 Å². The molecule has 580 valence electrons. The van der Waals surface area contributed by atoms with Crippen LogP contribution in [-0.4, -0.2) is 96.0 Å². The smallest absolute Gasteiger partial charge is 0.431 e. The van der Waals surface area contributed by atoms with Gasteiger partial charge in [0.15, 0.2) is 46.5 Å². The number of ether oxygens (including phenoxy) is 5. The first kappa shape index (κ1) is 77.8. The third-order valence-electron chi connectivity index (χ3n) is 19.5. The van der Waals surface area contributed by atoms with Crippen LogP contribution in [0, 0.1) is 0 Å². The van der Waals surface area contributed by atoms with Crippen molar-refractivity contribution in [3.05, 3.63) is 392 Å². The first-order valence-corrected chi connectivity index (χ1v) is 40.0. The zero-order chi connectivity index (χ0) is 80.3. The van der Waals surface area contributed by atoms with Crippen molar-refractivity contribution in [1.82, 2.24) is 30.8 Å². The molecule has 0 spiro atoms. The molecule has 0 saturated carbocycles. The average molecular weight is 1600 g/mol. The van der Waals surface area contributed by atoms with Crippen molar-refractivity contribution in [2.45, 2.75) is 68.6 Å². The standard InChI is InChI=1S/C91H75N9O13S3/c1-58-52-76(100-75(92-58)54-98(97-100)89(107)112-82(65-40-22-9-23-41-65)66-42-24-10-25-43-66)114-55-67-56-115-85-78(84(104)99(85)79(67)86(105)110-80(61-32-14-5-15-33-61)62-34-16-6-17-35-62)94-83(103)77(72-57-116-88(93-72)95-91(68-44-26-11-27-45-68,69-46-28-12-29-47-69)70-48-30-13-31-49-70)96-113-90(4,71-50-51-73(108-59(2)101)74(53-71)109-60(3)102)87(106)111-81(63-36-18-7-19-37-63)64-38-20-8-21-39-64/h5-54,57,78,80-82,85,97H,55-56H2,1-4H3,(H,93,95)(H,94,103)/t78-,85-,90?/m1/s1. The number of nitrogens with zero attached hydrogens (tertiary/aromatic N) is 6. The number of esters is 4. The number of thiazole rings is 1. The lowest BCUT2D eigenvalue weighted by Crippen LogP contribution is -2.71. The van der Waals surface area contributed by atoms with E-state index in [9.17, 15) is 14.4 Å². The van der Waals surface area contributed by atoms with Crippen LogP contribution < -0.4 is 25.6 Å². The number of allylic oxidation sites excluding steroid dienone is 1. The number of nitrogens with one attached hydrogen (secondary N) is 3. The van der Waals surface area contributed by atoms with E-state index in [2.05, 4.69) is 21.3 Å². The van der Waals surface area contributed by atoms with Crippen molar-refractivity contribution in [3.8, 4) is 11.5 Å². The number of rotatable bonds is 27. The number of anilines is 1. The fourth-order valence-electron chi connectivity index (χ4n) is 13.9. The summed E-state index contributed by atoms with van der Waals surface area (Å²) in [6.45, 7) is 5.50. The van der Waals surface area contributed by atoms with Gasteiger partial charge in [-0.25, -0.2) is 29.4 Å². The van der Waals surface area contributed by atoms with Gasteiger partial charge in [-0.1, -0.05) is 284 Å². The van der Waals surface area contributed by atoms with Crippen LogP contribution >= 0.6 is 34.9 Å². The van der Waals surface area contributed by atoms with Gasteiger partial charge < -0.3 is 39.2 Å². The van der Waals surface area contributed by atoms with Crippen LogP contribution in [0.15, 0.2) is 341 Å². The number of carbonyl (C=O) groups is 7. The molecule has 5 heterocycles. The van der Waals surface area contributed by atoms with Gasteiger partial charge >= 0.3 is 30.0 Å². The number of aliphatic imine (C=N–C) groups is 1. The molecule has 3 atom stereocenters. The van der Waals surface area contributed by atoms with E-state index in [1.807, 2.05) is 237 Å². The molecule has 116 heavy (non-hydrogen) atoms. The lowest BCUT2D eigenvalue weighted by Gasteiger charge is -2.49. The molecule has 10 aromatic carbocycles. The summed E-state index contributed by atoms with van der Waals surface area (Å²) in [7, 11) is 0. The summed E-state index contributed by atoms with van der Waals surface area (Å²) >= 11 is 3.76. The molecule has 3 N–H and O–H groups in total. The number of amides is 3. The van der Waals surface area contributed by atoms with Crippen molar-refractivity contribution < 1.29 is 62.1 Å². The largest absolute Gasteiger partial charge is 0.449 e. The Bertz CT molecular complexity index is 5400. The molecule has 3 amide bonds. The van der Waals surface area contributed by atoms with E-state index in [0.717, 1.165) is 46.1 Å². The molecule has 1 unspecified atom stereocenters. The summed E-state index contributed by atoms with van der Waals surface area (Å²) in [5, 5.41) is 15.7. The second kappa shape index (κ2) is 34.9. The number of hydrogen-bond acceptors (Lipinski definition) is 22. The normalized spacial score (nSPS) is 15.7. The molecule has 25 heteroatoms. The molecular weight excluding hydrogens is 1520 g/mol. The molecular formula is C91H75N9O13S3. The Morgan fingerprint density at radius 2 is 1.04 bits per heavy atom. The van der Waals surface area contributed by atoms with Crippen molar-refractivity contribution in [3.63, 3.8) is 0 Å². The molecule has 0 aliphatic carbocycles. The summed E-state index contributed by atoms with van der Waals surface area (Å²) in [5.41, 5.74) is 6.61. The highest BCUT2D eigenvalue weighted by molar-refractivity contribution is 8.03. The van der Waals surface area contributed by atoms with Crippen molar-refractivity contribution in [2.24, 2.45) is 10.1 Å². The maximum Gasteiger partial charge on any atom is 0.431 e. The van der Waals surface area contributed by atoms with Crippen LogP contribution in [0.3, 0.4) is 0 Å². The predicted molar refractivity (Wildman–Crippen MR) is 442 cm³/mol. The Balaban J connectivity index is 0.792. The fraction of sp³-hybridized carbons (Fsp3) is 0.143. The Labute approximate surface area is 681 Å². The van der Waals surface area contributed by atoms with Crippen LogP contribution in [0.5, 0.6) is 11.5 Å². The van der Waals surface area contributed by atoms with Crippen LogP contribution in [0.1, 0.15) is 107 Å². The maximum atomic E-state index is 16.1. The number of oxime groups is 1. The lowest BCUT2D eigenvalue weighted by molar-refractivity contribution is -0.176. The first-order chi connectivity index (χ1) is 56.5. The summed E-state index contributed by atoms with van der Waals surface area (Å²) in [6.07, 6.45) is -0.103. The molecule has 0 radical (unpaired) electrons. The van der Waals surface area contributed by atoms with E-state index in [-0.39, 0.29) is 40.0 Å². The monoisotopic (exact) mass is 1600 g/mol. The molecule has 1 aromatic heterocycles. The fourth-order valence-corrected chi connectivity index (χ4v) is 17.2. The van der Waals surface area contributed by atoms with E-state index in [4.69, 9.17) is 38.5 Å². The van der Waals surface area contributed by atoms with Gasteiger partial charge in [0.2, 0.25) is 0 Å². The number of aromatic nitrogens is 1. The maximum absolute atomic E-state index is 16.1. The number of thioether (sulfide) groups is 2. The first-order valence-electron chi connectivity index (χ1n) is 37.0. The molecule has 0 bridgehead atoms. The van der Waals surface area contributed by atoms with E-state index in [1.54, 1.807) is 58.9 Å². The van der Waals surface area contributed by atoms with Crippen LogP contribution in [-0.2, 0) is 59.0 Å². The Hall–Kier alpha value is -13.5. The highest BCUT2D eigenvalue weighted by atomic mass is 32.2. The minimum Gasteiger partial charge on any atom is -0.449 e. The molecule has 11 aromatic rings. The SMILES string of the molecule is CC(=O)Oc1ccc(C(C)(ON=C(C(=O)N[C@@H]2C(=O)N3C(C(=O)OC(c4ccccc4)c4ccccc4)=C(CSC4=CC(C)=NC5=CN(C(=O)OC(c6ccccc6)c6ccccc6)NN54)CS[C@H]23)c2csc(NC(c3ccccc3)(c3ccccc3)c3ccccc3)n2)C(=O)OC(c2ccccc2)c2ccccc2)cc1OC(C)=O. The van der Waals surface area contributed by atoms with Crippen LogP contribution in [0.4, 0.5) is 9.93 Å². The van der Waals surface area contributed by atoms with Gasteiger partial charge in [0.05, 0.1) is 11.2 Å². The van der Waals surface area contributed by atoms with Crippen molar-refractivity contribution >= 4 is 93.2 Å². The Morgan fingerprint density at radius 1 is 0.586 bits per heavy atom. The average Bonchev–Trinajstić information content (AvgIpc) is 1.15. The zero-order valence-electron chi connectivity index (χ0n) is 63.0. The summed E-state index contributed by atoms with van der Waals surface area (Å²) in [6, 6.07) is 87.4. The van der Waals surface area contributed by atoms with E-state index in [0.29, 0.717) is 49.5 Å². The molecule has 1 fully saturated rings. The summed E-state index contributed by atoms with van der Waals surface area (Å²) in [4.78, 5) is 121. The highest BCUT2D eigenvalue weighted by Crippen LogP contribution is 2.46. The molecule has 4 aliphatic rings. The minimum absolute atomic E-state index is 0.0440.